The molecule has 2 amide bonds. The number of carbonyl (C=O) groups is 2. The van der Waals surface area contributed by atoms with Crippen LogP contribution in [0.15, 0.2) is 12.1 Å². The van der Waals surface area contributed by atoms with Gasteiger partial charge in [0, 0.05) is 35.6 Å². The van der Waals surface area contributed by atoms with Crippen LogP contribution in [0.4, 0.5) is 4.79 Å². The zero-order chi connectivity index (χ0) is 18.7. The van der Waals surface area contributed by atoms with Crippen LogP contribution in [-0.4, -0.2) is 53.8 Å². The van der Waals surface area contributed by atoms with E-state index in [4.69, 9.17) is 21.4 Å². The normalized spacial score (nSPS) is 20.9. The number of nitrogens with one attached hydrogen (secondary N) is 2. The molecule has 1 aliphatic carbocycles. The topological polar surface area (TPSA) is 90.9 Å². The number of amides is 2. The highest BCUT2D eigenvalue weighted by Gasteiger charge is 2.34. The average molecular weight is 382 g/mol. The predicted molar refractivity (Wildman–Crippen MR) is 97.7 cm³/mol. The van der Waals surface area contributed by atoms with Crippen molar-refractivity contribution in [2.24, 2.45) is 0 Å². The number of hydrogen-bond donors (Lipinski definition) is 3. The Kier molecular flexibility index (Phi) is 5.88. The third-order valence-electron chi connectivity index (χ3n) is 4.97. The first-order valence-corrected chi connectivity index (χ1v) is 9.28. The highest BCUT2D eigenvalue weighted by molar-refractivity contribution is 6.30. The summed E-state index contributed by atoms with van der Waals surface area (Å²) in [5, 5.41) is 15.3. The summed E-state index contributed by atoms with van der Waals surface area (Å²) in [7, 11) is 0. The average Bonchev–Trinajstić information content (AvgIpc) is 3.01. The number of rotatable bonds is 7. The van der Waals surface area contributed by atoms with Crippen molar-refractivity contribution in [1.29, 1.82) is 0 Å². The highest BCUT2D eigenvalue weighted by atomic mass is 35.5. The van der Waals surface area contributed by atoms with Crippen molar-refractivity contribution in [3.8, 4) is 5.75 Å². The Morgan fingerprint density at radius 3 is 2.85 bits per heavy atom. The quantitative estimate of drug-likeness (QED) is 0.672. The third kappa shape index (κ3) is 4.40. The number of carboxylic acid groups (broad SMARTS) is 1. The molecule has 7 nitrogen and oxygen atoms in total. The van der Waals surface area contributed by atoms with Crippen molar-refractivity contribution in [2.45, 2.75) is 44.8 Å². The maximum Gasteiger partial charge on any atom is 0.317 e. The van der Waals surface area contributed by atoms with E-state index in [1.807, 2.05) is 24.0 Å². The van der Waals surface area contributed by atoms with Gasteiger partial charge in [-0.1, -0.05) is 18.5 Å². The molecule has 1 fully saturated rings. The lowest BCUT2D eigenvalue weighted by Crippen LogP contribution is -2.56. The molecular formula is C18H24ClN3O4. The van der Waals surface area contributed by atoms with E-state index in [0.717, 1.165) is 36.1 Å². The van der Waals surface area contributed by atoms with Crippen molar-refractivity contribution in [1.82, 2.24) is 15.5 Å². The number of aliphatic carboxylic acids is 1. The second-order valence-electron chi connectivity index (χ2n) is 6.76. The van der Waals surface area contributed by atoms with Crippen LogP contribution < -0.4 is 15.4 Å². The summed E-state index contributed by atoms with van der Waals surface area (Å²) < 4.78 is 5.63. The van der Waals surface area contributed by atoms with Gasteiger partial charge in [-0.25, -0.2) is 4.79 Å². The first-order chi connectivity index (χ1) is 12.5. The van der Waals surface area contributed by atoms with Crippen LogP contribution in [0.5, 0.6) is 5.75 Å². The Bertz CT molecular complexity index is 691. The first-order valence-electron chi connectivity index (χ1n) is 8.90. The molecule has 8 heteroatoms. The molecule has 0 radical (unpaired) electrons. The monoisotopic (exact) mass is 381 g/mol. The van der Waals surface area contributed by atoms with Crippen molar-refractivity contribution in [3.05, 3.63) is 28.3 Å². The molecule has 1 saturated carbocycles. The van der Waals surface area contributed by atoms with Crippen LogP contribution >= 0.6 is 11.6 Å². The van der Waals surface area contributed by atoms with Gasteiger partial charge in [-0.3, -0.25) is 9.69 Å². The summed E-state index contributed by atoms with van der Waals surface area (Å²) in [6.45, 7) is 3.67. The van der Waals surface area contributed by atoms with Crippen LogP contribution in [0.2, 0.25) is 5.02 Å². The van der Waals surface area contributed by atoms with Crippen LogP contribution in [0.3, 0.4) is 0 Å². The summed E-state index contributed by atoms with van der Waals surface area (Å²) in [6.07, 6.45) is 2.37. The zero-order valence-electron chi connectivity index (χ0n) is 14.8. The Morgan fingerprint density at radius 1 is 1.38 bits per heavy atom. The number of benzene rings is 1. The van der Waals surface area contributed by atoms with E-state index in [9.17, 15) is 9.59 Å². The molecule has 0 unspecified atom stereocenters. The van der Waals surface area contributed by atoms with Gasteiger partial charge in [0.1, 0.15) is 5.75 Å². The van der Waals surface area contributed by atoms with E-state index in [-0.39, 0.29) is 24.7 Å². The number of nitrogens with zero attached hydrogens (tertiary/aromatic N) is 1. The molecule has 0 bridgehead atoms. The number of fused-ring (bicyclic) bond motifs is 1. The van der Waals surface area contributed by atoms with Gasteiger partial charge in [0.15, 0.2) is 0 Å². The van der Waals surface area contributed by atoms with E-state index in [1.54, 1.807) is 0 Å². The number of carbonyl (C=O) groups excluding carboxylic acids is 1. The van der Waals surface area contributed by atoms with E-state index in [2.05, 4.69) is 10.6 Å². The molecular weight excluding hydrogens is 358 g/mol. The Labute approximate surface area is 157 Å². The number of carboxylic acids is 1. The smallest absolute Gasteiger partial charge is 0.317 e. The lowest BCUT2D eigenvalue weighted by Gasteiger charge is -2.42. The van der Waals surface area contributed by atoms with Crippen molar-refractivity contribution >= 4 is 23.6 Å². The number of hydrogen-bond acceptors (Lipinski definition) is 4. The van der Waals surface area contributed by atoms with Gasteiger partial charge < -0.3 is 20.5 Å². The maximum atomic E-state index is 12.1. The molecule has 1 heterocycles. The fourth-order valence-corrected chi connectivity index (χ4v) is 3.83. The van der Waals surface area contributed by atoms with E-state index < -0.39 is 5.97 Å². The number of likely N-dealkylation sites (N-methyl/N-ethyl adjacent to an activating group) is 1. The molecule has 0 saturated heterocycles. The largest absolute Gasteiger partial charge is 0.493 e. The van der Waals surface area contributed by atoms with Gasteiger partial charge in [-0.15, -0.1) is 0 Å². The molecule has 3 N–H and O–H groups in total. The molecule has 2 aliphatic rings. The molecule has 0 aromatic heterocycles. The minimum Gasteiger partial charge on any atom is -0.493 e. The SMILES string of the molecule is CCN(CC(=O)O)C1CC(NC(=O)NCc2cc(Cl)cc3c2OCC3)C1. The molecule has 142 valence electrons. The standard InChI is InChI=1S/C18H24ClN3O4/c1-2-22(10-16(23)24)15-7-14(8-15)21-18(25)20-9-12-6-13(19)5-11-3-4-26-17(11)12/h5-6,14-15H,2-4,7-10H2,1H3,(H,23,24)(H2,20,21,25). The van der Waals surface area contributed by atoms with Gasteiger partial charge >= 0.3 is 12.0 Å². The summed E-state index contributed by atoms with van der Waals surface area (Å²) in [4.78, 5) is 24.9. The summed E-state index contributed by atoms with van der Waals surface area (Å²) >= 11 is 6.12. The van der Waals surface area contributed by atoms with Gasteiger partial charge in [0.05, 0.1) is 13.2 Å². The minimum absolute atomic E-state index is 0.0416. The van der Waals surface area contributed by atoms with Crippen molar-refractivity contribution < 1.29 is 19.4 Å². The predicted octanol–water partition coefficient (Wildman–Crippen LogP) is 2.01. The fraction of sp³-hybridized carbons (Fsp3) is 0.556. The number of ether oxygens (including phenoxy) is 1. The van der Waals surface area contributed by atoms with Crippen LogP contribution in [0, 0.1) is 0 Å². The Balaban J connectivity index is 1.44. The molecule has 3 rings (SSSR count). The zero-order valence-corrected chi connectivity index (χ0v) is 15.5. The van der Waals surface area contributed by atoms with Crippen LogP contribution in [0.1, 0.15) is 30.9 Å². The summed E-state index contributed by atoms with van der Waals surface area (Å²) in [5.41, 5.74) is 1.96. The molecule has 1 aromatic carbocycles. The minimum atomic E-state index is -0.822. The summed E-state index contributed by atoms with van der Waals surface area (Å²) in [6, 6.07) is 3.77. The van der Waals surface area contributed by atoms with Crippen molar-refractivity contribution in [3.63, 3.8) is 0 Å². The Morgan fingerprint density at radius 2 is 2.15 bits per heavy atom. The highest BCUT2D eigenvalue weighted by Crippen LogP contribution is 2.32. The van der Waals surface area contributed by atoms with Gasteiger partial charge in [-0.05, 0) is 37.1 Å². The number of urea groups is 1. The molecule has 0 atom stereocenters. The molecule has 26 heavy (non-hydrogen) atoms. The van der Waals surface area contributed by atoms with E-state index in [1.165, 1.54) is 0 Å². The van der Waals surface area contributed by atoms with Gasteiger partial charge in [0.2, 0.25) is 0 Å². The molecule has 1 aliphatic heterocycles. The fourth-order valence-electron chi connectivity index (χ4n) is 3.57. The van der Waals surface area contributed by atoms with E-state index >= 15 is 0 Å². The second-order valence-corrected chi connectivity index (χ2v) is 7.19. The first kappa shape index (κ1) is 18.8. The summed E-state index contributed by atoms with van der Waals surface area (Å²) in [5.74, 6) is 0.00272. The second kappa shape index (κ2) is 8.14. The van der Waals surface area contributed by atoms with Crippen LogP contribution in [-0.2, 0) is 17.8 Å². The van der Waals surface area contributed by atoms with Gasteiger partial charge in [0.25, 0.3) is 0 Å². The lowest BCUT2D eigenvalue weighted by atomic mass is 9.85. The lowest BCUT2D eigenvalue weighted by molar-refractivity contribution is -0.139. The molecule has 0 spiro atoms. The van der Waals surface area contributed by atoms with Gasteiger partial charge in [-0.2, -0.15) is 0 Å². The van der Waals surface area contributed by atoms with Crippen molar-refractivity contribution in [2.75, 3.05) is 19.7 Å². The van der Waals surface area contributed by atoms with Crippen LogP contribution in [0.25, 0.3) is 0 Å². The third-order valence-corrected chi connectivity index (χ3v) is 5.19. The maximum absolute atomic E-state index is 12.1. The molecule has 1 aromatic rings. The van der Waals surface area contributed by atoms with E-state index in [0.29, 0.717) is 24.7 Å². The Hall–Kier alpha value is -1.99. The number of halogens is 1.